The minimum absolute atomic E-state index is 0.0818. The van der Waals surface area contributed by atoms with Gasteiger partial charge in [0.15, 0.2) is 10.1 Å². The lowest BCUT2D eigenvalue weighted by atomic mass is 10.2. The van der Waals surface area contributed by atoms with Crippen LogP contribution in [-0.2, 0) is 16.6 Å². The number of Topliss-reactive ketones (excluding diaryl/α,β-unsaturated/α-hetero) is 1. The van der Waals surface area contributed by atoms with Gasteiger partial charge in [-0.1, -0.05) is 12.1 Å². The third-order valence-corrected chi connectivity index (χ3v) is 9.51. The number of rotatable bonds is 4. The minimum atomic E-state index is -4.17. The third kappa shape index (κ3) is 3.42. The van der Waals surface area contributed by atoms with E-state index in [2.05, 4.69) is 15.2 Å². The second-order valence-corrected chi connectivity index (χ2v) is 11.6. The number of carbonyl (C=O) groups is 1. The zero-order valence-corrected chi connectivity index (χ0v) is 20.0. The molecule has 0 bridgehead atoms. The first-order valence-electron chi connectivity index (χ1n) is 10.4. The Kier molecular flexibility index (Phi) is 5.01. The van der Waals surface area contributed by atoms with Crippen LogP contribution in [0.25, 0.3) is 0 Å². The molecule has 0 spiro atoms. The maximum atomic E-state index is 13.7. The highest BCUT2D eigenvalue weighted by Gasteiger charge is 2.41. The van der Waals surface area contributed by atoms with E-state index in [0.717, 1.165) is 33.1 Å². The highest BCUT2D eigenvalue weighted by molar-refractivity contribution is 8.14. The maximum absolute atomic E-state index is 13.7. The van der Waals surface area contributed by atoms with Crippen LogP contribution < -0.4 is 14.5 Å². The van der Waals surface area contributed by atoms with Crippen molar-refractivity contribution in [2.75, 3.05) is 27.6 Å². The minimum Gasteiger partial charge on any atom is -0.360 e. The van der Waals surface area contributed by atoms with E-state index in [1.54, 1.807) is 29.3 Å². The molecular formula is C23H17FN4O3S3. The summed E-state index contributed by atoms with van der Waals surface area (Å²) in [6, 6.07) is 13.1. The molecule has 0 saturated carbocycles. The zero-order chi connectivity index (χ0) is 23.4. The van der Waals surface area contributed by atoms with Crippen LogP contribution in [0.1, 0.15) is 15.2 Å². The Morgan fingerprint density at radius 3 is 2.88 bits per heavy atom. The average molecular weight is 513 g/mol. The molecule has 0 amide bonds. The number of sulfonamides is 1. The molecule has 0 saturated heterocycles. The molecule has 11 heteroatoms. The van der Waals surface area contributed by atoms with Gasteiger partial charge in [0.25, 0.3) is 10.0 Å². The average Bonchev–Trinajstić information content (AvgIpc) is 3.53. The molecule has 1 N–H and O–H groups in total. The zero-order valence-electron chi connectivity index (χ0n) is 17.6. The number of carbonyl (C=O) groups excluding carboxylic acids is 1. The molecule has 0 fully saturated rings. The molecule has 7 nitrogen and oxygen atoms in total. The molecule has 2 aromatic carbocycles. The largest absolute Gasteiger partial charge is 0.360 e. The lowest BCUT2D eigenvalue weighted by Gasteiger charge is -2.29. The van der Waals surface area contributed by atoms with Crippen LogP contribution in [0.3, 0.4) is 0 Å². The molecule has 0 radical (unpaired) electrons. The van der Waals surface area contributed by atoms with Crippen LogP contribution in [0.15, 0.2) is 74.9 Å². The fraction of sp³-hybridized carbons (Fsp3) is 0.130. The number of hydrogen-bond donors (Lipinski definition) is 1. The van der Waals surface area contributed by atoms with Gasteiger partial charge in [-0.25, -0.2) is 12.8 Å². The number of amidine groups is 1. The van der Waals surface area contributed by atoms with Crippen molar-refractivity contribution in [1.29, 1.82) is 0 Å². The molecule has 3 aromatic rings. The Balaban J connectivity index is 1.35. The molecule has 4 heterocycles. The van der Waals surface area contributed by atoms with Crippen molar-refractivity contribution in [3.8, 4) is 0 Å². The molecule has 0 unspecified atom stereocenters. The van der Waals surface area contributed by atoms with E-state index in [1.807, 2.05) is 18.2 Å². The predicted octanol–water partition coefficient (Wildman–Crippen LogP) is 4.66. The number of aliphatic imine (C=N–C) groups is 1. The van der Waals surface area contributed by atoms with Crippen molar-refractivity contribution in [2.45, 2.75) is 11.4 Å². The maximum Gasteiger partial charge on any atom is 0.270 e. The van der Waals surface area contributed by atoms with Crippen LogP contribution >= 0.6 is 23.1 Å². The number of thiophene rings is 1. The first-order valence-corrected chi connectivity index (χ1v) is 13.6. The smallest absolute Gasteiger partial charge is 0.270 e. The van der Waals surface area contributed by atoms with Crippen molar-refractivity contribution < 1.29 is 17.6 Å². The standard InChI is InChI=1S/C23H17FN4O3S3/c24-15-3-1-2-14(10-15)13-28-17-6-9-32-22(17)21(29)20(34(28,30)31)12-26-16-4-5-19-18(11-16)27-8-7-25-23(27)33-19/h1-6,9-12,26H,7-8,13H2. The fourth-order valence-electron chi connectivity index (χ4n) is 4.15. The summed E-state index contributed by atoms with van der Waals surface area (Å²) in [6.07, 6.45) is 1.25. The van der Waals surface area contributed by atoms with Crippen LogP contribution in [0, 0.1) is 5.82 Å². The molecule has 6 rings (SSSR count). The summed E-state index contributed by atoms with van der Waals surface area (Å²) in [5.41, 5.74) is 2.47. The van der Waals surface area contributed by atoms with Gasteiger partial charge in [0, 0.05) is 23.3 Å². The Morgan fingerprint density at radius 1 is 1.15 bits per heavy atom. The number of hydrogen-bond acceptors (Lipinski definition) is 8. The molecule has 34 heavy (non-hydrogen) atoms. The van der Waals surface area contributed by atoms with Gasteiger partial charge in [0.05, 0.1) is 24.5 Å². The number of ketones is 1. The van der Waals surface area contributed by atoms with Gasteiger partial charge in [0.1, 0.15) is 10.7 Å². The number of thioether (sulfide) groups is 1. The Morgan fingerprint density at radius 2 is 2.03 bits per heavy atom. The number of fused-ring (bicyclic) bond motifs is 4. The lowest BCUT2D eigenvalue weighted by Crippen LogP contribution is -2.38. The van der Waals surface area contributed by atoms with Crippen LogP contribution in [0.2, 0.25) is 0 Å². The summed E-state index contributed by atoms with van der Waals surface area (Å²) in [7, 11) is -4.17. The van der Waals surface area contributed by atoms with Gasteiger partial charge < -0.3 is 10.2 Å². The Hall–Kier alpha value is -3.15. The fourth-order valence-corrected chi connectivity index (χ4v) is 7.69. The number of nitrogens with one attached hydrogen (secondary N) is 1. The van der Waals surface area contributed by atoms with Gasteiger partial charge in [-0.05, 0) is 59.1 Å². The number of halogens is 1. The Bertz CT molecular complexity index is 1510. The van der Waals surface area contributed by atoms with Crippen molar-refractivity contribution in [3.63, 3.8) is 0 Å². The van der Waals surface area contributed by atoms with Crippen LogP contribution in [-0.4, -0.2) is 32.5 Å². The quantitative estimate of drug-likeness (QED) is 0.513. The summed E-state index contributed by atoms with van der Waals surface area (Å²) in [4.78, 5) is 20.8. The number of anilines is 3. The third-order valence-electron chi connectivity index (χ3n) is 5.75. The van der Waals surface area contributed by atoms with E-state index >= 15 is 0 Å². The van der Waals surface area contributed by atoms with Gasteiger partial charge in [-0.3, -0.25) is 14.1 Å². The molecule has 0 aliphatic carbocycles. The molecule has 3 aliphatic rings. The van der Waals surface area contributed by atoms with Gasteiger partial charge in [0.2, 0.25) is 5.78 Å². The van der Waals surface area contributed by atoms with E-state index in [4.69, 9.17) is 0 Å². The van der Waals surface area contributed by atoms with E-state index in [1.165, 1.54) is 35.7 Å². The Labute approximate surface area is 203 Å². The van der Waals surface area contributed by atoms with E-state index in [-0.39, 0.29) is 11.4 Å². The number of nitrogens with zero attached hydrogens (tertiary/aromatic N) is 3. The van der Waals surface area contributed by atoms with Crippen molar-refractivity contribution in [1.82, 2.24) is 0 Å². The summed E-state index contributed by atoms with van der Waals surface area (Å²) >= 11 is 2.79. The van der Waals surface area contributed by atoms with Crippen molar-refractivity contribution in [3.05, 3.63) is 81.3 Å². The monoisotopic (exact) mass is 512 g/mol. The topological polar surface area (TPSA) is 82.1 Å². The van der Waals surface area contributed by atoms with Crippen molar-refractivity contribution in [2.24, 2.45) is 4.99 Å². The molecular weight excluding hydrogens is 495 g/mol. The highest BCUT2D eigenvalue weighted by Crippen LogP contribution is 2.43. The second kappa shape index (κ2) is 7.97. The number of benzene rings is 2. The van der Waals surface area contributed by atoms with Gasteiger partial charge >= 0.3 is 0 Å². The van der Waals surface area contributed by atoms with Gasteiger partial charge in [-0.15, -0.1) is 11.3 Å². The van der Waals surface area contributed by atoms with Gasteiger partial charge in [-0.2, -0.15) is 0 Å². The summed E-state index contributed by atoms with van der Waals surface area (Å²) < 4.78 is 41.9. The van der Waals surface area contributed by atoms with Crippen molar-refractivity contribution >= 4 is 61.1 Å². The molecule has 1 aromatic heterocycles. The van der Waals surface area contributed by atoms with Crippen LogP contribution in [0.5, 0.6) is 0 Å². The highest BCUT2D eigenvalue weighted by atomic mass is 32.2. The molecule has 0 atom stereocenters. The molecule has 172 valence electrons. The van der Waals surface area contributed by atoms with E-state index < -0.39 is 21.6 Å². The first kappa shape index (κ1) is 21.4. The summed E-state index contributed by atoms with van der Waals surface area (Å²) in [5, 5.41) is 5.65. The van der Waals surface area contributed by atoms with E-state index in [9.17, 15) is 17.6 Å². The number of allylic oxidation sites excluding steroid dienone is 1. The van der Waals surface area contributed by atoms with E-state index in [0.29, 0.717) is 21.8 Å². The SMILES string of the molecule is O=C1C(=CNc2ccc3c(c2)N2CCN=C2S3)S(=O)(=O)N(Cc2cccc(F)c2)c2ccsc21. The van der Waals surface area contributed by atoms with Crippen LogP contribution in [0.4, 0.5) is 21.5 Å². The second-order valence-electron chi connectivity index (χ2n) is 7.86. The first-order chi connectivity index (χ1) is 16.4. The summed E-state index contributed by atoms with van der Waals surface area (Å²) in [6.45, 7) is 1.48. The normalized spacial score (nSPS) is 19.1. The predicted molar refractivity (Wildman–Crippen MR) is 134 cm³/mol. The molecule has 3 aliphatic heterocycles. The lowest BCUT2D eigenvalue weighted by molar-refractivity contribution is 0.104. The summed E-state index contributed by atoms with van der Waals surface area (Å²) in [5.74, 6) is -1.01.